The Balaban J connectivity index is 1.83. The van der Waals surface area contributed by atoms with E-state index in [0.29, 0.717) is 6.04 Å². The molecule has 0 amide bonds. The first kappa shape index (κ1) is 12.9. The quantitative estimate of drug-likeness (QED) is 0.887. The van der Waals surface area contributed by atoms with Crippen molar-refractivity contribution in [3.05, 3.63) is 21.9 Å². The van der Waals surface area contributed by atoms with Gasteiger partial charge in [0.15, 0.2) is 0 Å². The largest absolute Gasteiger partial charge is 0.308 e. The Kier molecular flexibility index (Phi) is 4.90. The van der Waals surface area contributed by atoms with Gasteiger partial charge in [0.05, 0.1) is 0 Å². The molecule has 0 saturated heterocycles. The second-order valence-electron chi connectivity index (χ2n) is 4.29. The van der Waals surface area contributed by atoms with Gasteiger partial charge in [-0.1, -0.05) is 13.3 Å². The Morgan fingerprint density at radius 3 is 3.12 bits per heavy atom. The van der Waals surface area contributed by atoms with E-state index < -0.39 is 0 Å². The Morgan fingerprint density at radius 2 is 2.41 bits per heavy atom. The molecule has 0 radical (unpaired) electrons. The van der Waals surface area contributed by atoms with Crippen molar-refractivity contribution in [2.45, 2.75) is 44.0 Å². The summed E-state index contributed by atoms with van der Waals surface area (Å²) in [6.07, 6.45) is 4.00. The summed E-state index contributed by atoms with van der Waals surface area (Å²) in [7, 11) is 0. The van der Waals surface area contributed by atoms with Gasteiger partial charge in [0.1, 0.15) is 10.9 Å². The molecule has 1 aromatic rings. The molecular formula is C13H18N2S2. The molecule has 2 unspecified atom stereocenters. The Hall–Kier alpha value is -0.500. The average molecular weight is 266 g/mol. The molecule has 1 aliphatic rings. The van der Waals surface area contributed by atoms with Gasteiger partial charge in [-0.25, -0.2) is 0 Å². The zero-order valence-electron chi connectivity index (χ0n) is 10.1. The van der Waals surface area contributed by atoms with Crippen LogP contribution in [0.25, 0.3) is 0 Å². The van der Waals surface area contributed by atoms with E-state index in [2.05, 4.69) is 36.1 Å². The van der Waals surface area contributed by atoms with E-state index in [1.165, 1.54) is 29.9 Å². The van der Waals surface area contributed by atoms with Gasteiger partial charge in [-0.15, -0.1) is 11.3 Å². The van der Waals surface area contributed by atoms with Crippen molar-refractivity contribution < 1.29 is 0 Å². The second-order valence-corrected chi connectivity index (χ2v) is 6.97. The van der Waals surface area contributed by atoms with Crippen LogP contribution in [0.4, 0.5) is 0 Å². The summed E-state index contributed by atoms with van der Waals surface area (Å²) in [6, 6.07) is 6.82. The van der Waals surface area contributed by atoms with E-state index in [9.17, 15) is 0 Å². The Labute approximate surface area is 111 Å². The summed E-state index contributed by atoms with van der Waals surface area (Å²) < 4.78 is 0. The molecule has 0 aliphatic heterocycles. The number of nitrogens with zero attached hydrogens (tertiary/aromatic N) is 1. The number of rotatable bonds is 5. The Bertz CT molecular complexity index is 394. The maximum Gasteiger partial charge on any atom is 0.110 e. The molecule has 1 saturated carbocycles. The van der Waals surface area contributed by atoms with E-state index in [1.54, 1.807) is 11.3 Å². The maximum atomic E-state index is 8.78. The first-order valence-corrected chi connectivity index (χ1v) is 8.03. The smallest absolute Gasteiger partial charge is 0.110 e. The molecule has 0 bridgehead atoms. The molecular weight excluding hydrogens is 248 g/mol. The normalized spacial score (nSPS) is 23.8. The van der Waals surface area contributed by atoms with Gasteiger partial charge in [0, 0.05) is 22.7 Å². The summed E-state index contributed by atoms with van der Waals surface area (Å²) in [6.45, 7) is 3.15. The van der Waals surface area contributed by atoms with Crippen LogP contribution in [-0.2, 0) is 6.54 Å². The number of nitriles is 1. The molecule has 92 valence electrons. The summed E-state index contributed by atoms with van der Waals surface area (Å²) in [5.74, 6) is 1.21. The van der Waals surface area contributed by atoms with Crippen molar-refractivity contribution in [1.29, 1.82) is 5.26 Å². The molecule has 0 spiro atoms. The lowest BCUT2D eigenvalue weighted by atomic mass is 10.2. The van der Waals surface area contributed by atoms with Crippen LogP contribution in [0.1, 0.15) is 35.9 Å². The molecule has 1 N–H and O–H groups in total. The van der Waals surface area contributed by atoms with Crippen LogP contribution in [0.15, 0.2) is 12.1 Å². The topological polar surface area (TPSA) is 35.8 Å². The first-order chi connectivity index (χ1) is 8.33. The van der Waals surface area contributed by atoms with Crippen LogP contribution in [0.2, 0.25) is 0 Å². The van der Waals surface area contributed by atoms with E-state index in [-0.39, 0.29) is 0 Å². The van der Waals surface area contributed by atoms with Crippen molar-refractivity contribution in [2.24, 2.45) is 0 Å². The molecule has 1 fully saturated rings. The summed E-state index contributed by atoms with van der Waals surface area (Å²) in [5.41, 5.74) is 0. The fourth-order valence-corrected chi connectivity index (χ4v) is 4.32. The average Bonchev–Trinajstić information content (AvgIpc) is 2.95. The van der Waals surface area contributed by atoms with E-state index in [1.807, 2.05) is 6.07 Å². The predicted octanol–water partition coefficient (Wildman–Crippen LogP) is 3.38. The van der Waals surface area contributed by atoms with Gasteiger partial charge in [0.2, 0.25) is 0 Å². The van der Waals surface area contributed by atoms with Crippen LogP contribution in [0, 0.1) is 11.3 Å². The second kappa shape index (κ2) is 6.44. The van der Waals surface area contributed by atoms with Gasteiger partial charge in [0.25, 0.3) is 0 Å². The lowest BCUT2D eigenvalue weighted by Crippen LogP contribution is -2.33. The van der Waals surface area contributed by atoms with E-state index in [4.69, 9.17) is 5.26 Å². The monoisotopic (exact) mass is 266 g/mol. The van der Waals surface area contributed by atoms with Crippen LogP contribution in [-0.4, -0.2) is 17.0 Å². The first-order valence-electron chi connectivity index (χ1n) is 6.17. The zero-order chi connectivity index (χ0) is 12.1. The third-order valence-electron chi connectivity index (χ3n) is 3.14. The van der Waals surface area contributed by atoms with E-state index >= 15 is 0 Å². The summed E-state index contributed by atoms with van der Waals surface area (Å²) >= 11 is 3.68. The number of thioether (sulfide) groups is 1. The molecule has 1 aliphatic carbocycles. The summed E-state index contributed by atoms with van der Waals surface area (Å²) in [5, 5.41) is 13.2. The highest BCUT2D eigenvalue weighted by atomic mass is 32.2. The molecule has 1 aromatic heterocycles. The van der Waals surface area contributed by atoms with Crippen molar-refractivity contribution in [3.8, 4) is 6.07 Å². The number of hydrogen-bond donors (Lipinski definition) is 1. The number of thiophene rings is 1. The Morgan fingerprint density at radius 1 is 1.53 bits per heavy atom. The fraction of sp³-hybridized carbons (Fsp3) is 0.615. The fourth-order valence-electron chi connectivity index (χ4n) is 2.34. The van der Waals surface area contributed by atoms with Gasteiger partial charge < -0.3 is 5.32 Å². The van der Waals surface area contributed by atoms with E-state index in [0.717, 1.165) is 16.7 Å². The minimum atomic E-state index is 0.660. The molecule has 17 heavy (non-hydrogen) atoms. The minimum absolute atomic E-state index is 0.660. The van der Waals surface area contributed by atoms with Crippen LogP contribution in [0.5, 0.6) is 0 Å². The standard InChI is InChI=1S/C13H18N2S2/c1-2-16-13-5-3-4-12(13)15-9-11-7-6-10(8-14)17-11/h6-7,12-13,15H,2-5,9H2,1H3. The minimum Gasteiger partial charge on any atom is -0.308 e. The van der Waals surface area contributed by atoms with Crippen LogP contribution >= 0.6 is 23.1 Å². The zero-order valence-corrected chi connectivity index (χ0v) is 11.7. The van der Waals surface area contributed by atoms with Gasteiger partial charge in [-0.05, 0) is 30.7 Å². The van der Waals surface area contributed by atoms with Crippen LogP contribution in [0.3, 0.4) is 0 Å². The summed E-state index contributed by atoms with van der Waals surface area (Å²) in [4.78, 5) is 2.08. The highest BCUT2D eigenvalue weighted by Crippen LogP contribution is 2.30. The highest BCUT2D eigenvalue weighted by molar-refractivity contribution is 7.99. The van der Waals surface area contributed by atoms with Crippen LogP contribution < -0.4 is 5.32 Å². The van der Waals surface area contributed by atoms with Crippen molar-refractivity contribution in [2.75, 3.05) is 5.75 Å². The maximum absolute atomic E-state index is 8.78. The number of hydrogen-bond acceptors (Lipinski definition) is 4. The molecule has 2 nitrogen and oxygen atoms in total. The third-order valence-corrected chi connectivity index (χ3v) is 5.46. The molecule has 0 aromatic carbocycles. The highest BCUT2D eigenvalue weighted by Gasteiger charge is 2.26. The van der Waals surface area contributed by atoms with Gasteiger partial charge in [-0.2, -0.15) is 17.0 Å². The van der Waals surface area contributed by atoms with Crippen molar-refractivity contribution >= 4 is 23.1 Å². The SMILES string of the molecule is CCSC1CCCC1NCc1ccc(C#N)s1. The predicted molar refractivity (Wildman–Crippen MR) is 75.4 cm³/mol. The lowest BCUT2D eigenvalue weighted by Gasteiger charge is -2.19. The third kappa shape index (κ3) is 3.48. The number of nitrogens with one attached hydrogen (secondary N) is 1. The molecule has 4 heteroatoms. The van der Waals surface area contributed by atoms with Crippen molar-refractivity contribution in [1.82, 2.24) is 5.32 Å². The van der Waals surface area contributed by atoms with Gasteiger partial charge in [-0.3, -0.25) is 0 Å². The molecule has 2 rings (SSSR count). The molecule has 1 heterocycles. The van der Waals surface area contributed by atoms with Crippen molar-refractivity contribution in [3.63, 3.8) is 0 Å². The van der Waals surface area contributed by atoms with Gasteiger partial charge >= 0.3 is 0 Å². The molecule has 2 atom stereocenters. The lowest BCUT2D eigenvalue weighted by molar-refractivity contribution is 0.535.